The van der Waals surface area contributed by atoms with E-state index in [-0.39, 0.29) is 12.6 Å². The SMILES string of the molecule is CCOC(=O)C1=C(CN2CCN(c3ccccc3C)CC2)NC(=O)NC1c1ccc(CC)cc1. The lowest BCUT2D eigenvalue weighted by atomic mass is 9.94. The van der Waals surface area contributed by atoms with E-state index >= 15 is 0 Å². The fourth-order valence-corrected chi connectivity index (χ4v) is 4.68. The van der Waals surface area contributed by atoms with Crippen molar-refractivity contribution in [2.45, 2.75) is 33.2 Å². The van der Waals surface area contributed by atoms with Crippen molar-refractivity contribution in [3.63, 3.8) is 0 Å². The fraction of sp³-hybridized carbons (Fsp3) is 0.407. The van der Waals surface area contributed by atoms with E-state index in [4.69, 9.17) is 4.74 Å². The van der Waals surface area contributed by atoms with Crippen molar-refractivity contribution < 1.29 is 14.3 Å². The molecule has 0 aliphatic carbocycles. The van der Waals surface area contributed by atoms with Gasteiger partial charge in [0.15, 0.2) is 0 Å². The third kappa shape index (κ3) is 5.25. The zero-order chi connectivity index (χ0) is 24.1. The third-order valence-corrected chi connectivity index (χ3v) is 6.58. The molecule has 0 spiro atoms. The maximum atomic E-state index is 13.0. The first-order valence-corrected chi connectivity index (χ1v) is 12.1. The third-order valence-electron chi connectivity index (χ3n) is 6.58. The summed E-state index contributed by atoms with van der Waals surface area (Å²) < 4.78 is 5.41. The summed E-state index contributed by atoms with van der Waals surface area (Å²) in [6, 6.07) is 15.6. The average Bonchev–Trinajstić information content (AvgIpc) is 2.85. The summed E-state index contributed by atoms with van der Waals surface area (Å²) >= 11 is 0. The molecular weight excluding hydrogens is 428 g/mol. The van der Waals surface area contributed by atoms with Gasteiger partial charge >= 0.3 is 12.0 Å². The standard InChI is InChI=1S/C27H34N4O3/c1-4-20-10-12-21(13-11-20)25-24(26(32)34-5-2)22(28-27(33)29-25)18-30-14-16-31(17-15-30)23-9-7-6-8-19(23)3/h6-13,25H,4-5,14-18H2,1-3H3,(H2,28,29,33). The summed E-state index contributed by atoms with van der Waals surface area (Å²) in [6.07, 6.45) is 0.930. The number of esters is 1. The maximum absolute atomic E-state index is 13.0. The zero-order valence-electron chi connectivity index (χ0n) is 20.3. The maximum Gasteiger partial charge on any atom is 0.338 e. The van der Waals surface area contributed by atoms with Gasteiger partial charge in [0, 0.05) is 44.1 Å². The Hall–Kier alpha value is -3.32. The summed E-state index contributed by atoms with van der Waals surface area (Å²) in [5.74, 6) is -0.395. The first kappa shape index (κ1) is 23.8. The Labute approximate surface area is 201 Å². The molecule has 4 rings (SSSR count). The van der Waals surface area contributed by atoms with Crippen LogP contribution in [-0.4, -0.2) is 56.2 Å². The quantitative estimate of drug-likeness (QED) is 0.616. The predicted octanol–water partition coefficient (Wildman–Crippen LogP) is 3.55. The summed E-state index contributed by atoms with van der Waals surface area (Å²) in [6.45, 7) is 10.3. The number of benzene rings is 2. The van der Waals surface area contributed by atoms with Crippen LogP contribution in [0.3, 0.4) is 0 Å². The molecule has 1 unspecified atom stereocenters. The molecule has 0 bridgehead atoms. The van der Waals surface area contributed by atoms with Crippen LogP contribution in [0.4, 0.5) is 10.5 Å². The summed E-state index contributed by atoms with van der Waals surface area (Å²) in [7, 11) is 0. The minimum Gasteiger partial charge on any atom is -0.463 e. The van der Waals surface area contributed by atoms with Gasteiger partial charge in [-0.15, -0.1) is 0 Å². The van der Waals surface area contributed by atoms with E-state index in [0.29, 0.717) is 17.8 Å². The number of anilines is 1. The molecule has 34 heavy (non-hydrogen) atoms. The minimum atomic E-state index is -0.540. The van der Waals surface area contributed by atoms with Crippen LogP contribution in [-0.2, 0) is 16.0 Å². The molecule has 1 saturated heterocycles. The topological polar surface area (TPSA) is 73.9 Å². The van der Waals surface area contributed by atoms with Crippen LogP contribution in [0.1, 0.15) is 36.6 Å². The van der Waals surface area contributed by atoms with Crippen LogP contribution >= 0.6 is 0 Å². The van der Waals surface area contributed by atoms with Crippen LogP contribution in [0.5, 0.6) is 0 Å². The van der Waals surface area contributed by atoms with E-state index < -0.39 is 12.0 Å². The van der Waals surface area contributed by atoms with Crippen molar-refractivity contribution in [1.82, 2.24) is 15.5 Å². The number of piperazine rings is 1. The molecule has 7 heteroatoms. The second-order valence-corrected chi connectivity index (χ2v) is 8.79. The van der Waals surface area contributed by atoms with Gasteiger partial charge in [0.05, 0.1) is 18.2 Å². The minimum absolute atomic E-state index is 0.278. The Balaban J connectivity index is 1.56. The van der Waals surface area contributed by atoms with E-state index in [0.717, 1.165) is 38.2 Å². The number of para-hydroxylation sites is 1. The van der Waals surface area contributed by atoms with Crippen molar-refractivity contribution >= 4 is 17.7 Å². The zero-order valence-corrected chi connectivity index (χ0v) is 20.3. The van der Waals surface area contributed by atoms with Crippen LogP contribution < -0.4 is 15.5 Å². The molecule has 0 saturated carbocycles. The van der Waals surface area contributed by atoms with Gasteiger partial charge in [0.2, 0.25) is 0 Å². The van der Waals surface area contributed by atoms with E-state index in [9.17, 15) is 9.59 Å². The van der Waals surface area contributed by atoms with Gasteiger partial charge in [0.1, 0.15) is 0 Å². The molecule has 2 N–H and O–H groups in total. The second-order valence-electron chi connectivity index (χ2n) is 8.79. The number of nitrogens with one attached hydrogen (secondary N) is 2. The number of ether oxygens (including phenoxy) is 1. The molecule has 2 aliphatic rings. The number of amides is 2. The molecule has 180 valence electrons. The molecule has 2 aliphatic heterocycles. The van der Waals surface area contributed by atoms with Gasteiger partial charge in [-0.2, -0.15) is 0 Å². The van der Waals surface area contributed by atoms with Crippen molar-refractivity contribution in [3.8, 4) is 0 Å². The number of nitrogens with zero attached hydrogens (tertiary/aromatic N) is 2. The molecule has 1 fully saturated rings. The van der Waals surface area contributed by atoms with Gasteiger partial charge < -0.3 is 20.3 Å². The molecule has 2 heterocycles. The highest BCUT2D eigenvalue weighted by atomic mass is 16.5. The number of carbonyl (C=O) groups excluding carboxylic acids is 2. The van der Waals surface area contributed by atoms with Crippen molar-refractivity contribution in [2.24, 2.45) is 0 Å². The molecular formula is C27H34N4O3. The first-order valence-electron chi connectivity index (χ1n) is 12.1. The number of hydrogen-bond donors (Lipinski definition) is 2. The van der Waals surface area contributed by atoms with Crippen LogP contribution in [0.15, 0.2) is 59.8 Å². The normalized spacial score (nSPS) is 19.0. The van der Waals surface area contributed by atoms with E-state index in [1.165, 1.54) is 16.8 Å². The fourth-order valence-electron chi connectivity index (χ4n) is 4.68. The van der Waals surface area contributed by atoms with Crippen molar-refractivity contribution in [3.05, 3.63) is 76.5 Å². The molecule has 2 amide bonds. The van der Waals surface area contributed by atoms with E-state index in [1.807, 2.05) is 24.3 Å². The lowest BCUT2D eigenvalue weighted by molar-refractivity contribution is -0.139. The Bertz CT molecular complexity index is 1060. The van der Waals surface area contributed by atoms with Gasteiger partial charge in [-0.1, -0.05) is 49.4 Å². The lowest BCUT2D eigenvalue weighted by Crippen LogP contribution is -2.52. The molecule has 2 aromatic rings. The Morgan fingerprint density at radius 3 is 2.38 bits per heavy atom. The monoisotopic (exact) mass is 462 g/mol. The first-order chi connectivity index (χ1) is 16.5. The lowest BCUT2D eigenvalue weighted by Gasteiger charge is -2.38. The summed E-state index contributed by atoms with van der Waals surface area (Å²) in [5, 5.41) is 5.83. The molecule has 1 atom stereocenters. The molecule has 7 nitrogen and oxygen atoms in total. The average molecular weight is 463 g/mol. The van der Waals surface area contributed by atoms with Crippen molar-refractivity contribution in [2.75, 3.05) is 44.2 Å². The predicted molar refractivity (Wildman–Crippen MR) is 134 cm³/mol. The van der Waals surface area contributed by atoms with Crippen LogP contribution in [0, 0.1) is 6.92 Å². The van der Waals surface area contributed by atoms with Crippen LogP contribution in [0.2, 0.25) is 0 Å². The molecule has 0 radical (unpaired) electrons. The largest absolute Gasteiger partial charge is 0.463 e. The number of rotatable bonds is 7. The second kappa shape index (κ2) is 10.7. The van der Waals surface area contributed by atoms with Gasteiger partial charge in [-0.05, 0) is 43.0 Å². The Kier molecular flexibility index (Phi) is 7.53. The molecule has 0 aromatic heterocycles. The smallest absolute Gasteiger partial charge is 0.338 e. The number of hydrogen-bond acceptors (Lipinski definition) is 5. The van der Waals surface area contributed by atoms with Gasteiger partial charge in [-0.3, -0.25) is 4.90 Å². The van der Waals surface area contributed by atoms with E-state index in [2.05, 4.69) is 58.5 Å². The Morgan fingerprint density at radius 1 is 1.03 bits per heavy atom. The van der Waals surface area contributed by atoms with Gasteiger partial charge in [0.25, 0.3) is 0 Å². The summed E-state index contributed by atoms with van der Waals surface area (Å²) in [4.78, 5) is 30.3. The molecule has 2 aromatic carbocycles. The number of carbonyl (C=O) groups is 2. The number of aryl methyl sites for hydroxylation is 2. The summed E-state index contributed by atoms with van der Waals surface area (Å²) in [5.41, 5.74) is 5.71. The van der Waals surface area contributed by atoms with Crippen molar-refractivity contribution in [1.29, 1.82) is 0 Å². The highest BCUT2D eigenvalue weighted by molar-refractivity contribution is 5.95. The number of urea groups is 1. The van der Waals surface area contributed by atoms with E-state index in [1.54, 1.807) is 6.92 Å². The van der Waals surface area contributed by atoms with Gasteiger partial charge in [-0.25, -0.2) is 9.59 Å². The highest BCUT2D eigenvalue weighted by Crippen LogP contribution is 2.29. The highest BCUT2D eigenvalue weighted by Gasteiger charge is 2.34. The van der Waals surface area contributed by atoms with Crippen LogP contribution in [0.25, 0.3) is 0 Å². The Morgan fingerprint density at radius 2 is 1.74 bits per heavy atom.